The summed E-state index contributed by atoms with van der Waals surface area (Å²) >= 11 is 5.62. The Labute approximate surface area is 167 Å². The van der Waals surface area contributed by atoms with Gasteiger partial charge >= 0.3 is 6.18 Å². The number of aromatic nitrogens is 1. The van der Waals surface area contributed by atoms with Crippen molar-refractivity contribution in [1.29, 1.82) is 0 Å². The topological polar surface area (TPSA) is 54.0 Å². The number of benzene rings is 1. The minimum Gasteiger partial charge on any atom is -0.323 e. The summed E-state index contributed by atoms with van der Waals surface area (Å²) in [5.41, 5.74) is -0.245. The molecule has 154 valence electrons. The summed E-state index contributed by atoms with van der Waals surface area (Å²) in [6.45, 7) is 0. The van der Waals surface area contributed by atoms with Crippen LogP contribution in [0.4, 0.5) is 27.6 Å². The van der Waals surface area contributed by atoms with E-state index in [9.17, 15) is 26.7 Å². The van der Waals surface area contributed by atoms with E-state index in [1.165, 1.54) is 6.07 Å². The normalized spacial score (nSPS) is 23.4. The Balaban J connectivity index is 1.52. The highest BCUT2D eigenvalue weighted by atomic mass is 35.5. The van der Waals surface area contributed by atoms with Crippen LogP contribution in [-0.4, -0.2) is 16.9 Å². The fourth-order valence-corrected chi connectivity index (χ4v) is 4.28. The van der Waals surface area contributed by atoms with Crippen LogP contribution in [0.1, 0.15) is 35.7 Å². The highest BCUT2D eigenvalue weighted by Crippen LogP contribution is 2.39. The summed E-state index contributed by atoms with van der Waals surface area (Å²) in [7, 11) is 0. The molecule has 2 aliphatic rings. The van der Waals surface area contributed by atoms with Crippen LogP contribution in [0.2, 0.25) is 5.02 Å². The molecular formula is C19H15ClF5N3O. The number of nitrogens with zero attached hydrogens (tertiary/aromatic N) is 1. The van der Waals surface area contributed by atoms with Crippen LogP contribution in [0.25, 0.3) is 0 Å². The van der Waals surface area contributed by atoms with Gasteiger partial charge < -0.3 is 10.6 Å². The second-order valence-electron chi connectivity index (χ2n) is 7.26. The van der Waals surface area contributed by atoms with Crippen LogP contribution in [0, 0.1) is 17.7 Å². The maximum atomic E-state index is 14.1. The molecule has 1 aromatic carbocycles. The van der Waals surface area contributed by atoms with Crippen LogP contribution in [0.3, 0.4) is 0 Å². The molecule has 1 unspecified atom stereocenters. The van der Waals surface area contributed by atoms with E-state index in [0.717, 1.165) is 11.6 Å². The number of fused-ring (bicyclic) bond motifs is 4. The minimum absolute atomic E-state index is 0.104. The van der Waals surface area contributed by atoms with Crippen molar-refractivity contribution < 1.29 is 26.7 Å². The molecule has 1 amide bonds. The summed E-state index contributed by atoms with van der Waals surface area (Å²) in [6, 6.07) is 3.60. The third kappa shape index (κ3) is 3.93. The lowest BCUT2D eigenvalue weighted by Gasteiger charge is -2.40. The van der Waals surface area contributed by atoms with E-state index in [1.807, 2.05) is 0 Å². The van der Waals surface area contributed by atoms with Gasteiger partial charge in [-0.1, -0.05) is 17.7 Å². The van der Waals surface area contributed by atoms with Crippen molar-refractivity contribution in [3.8, 4) is 0 Å². The second kappa shape index (κ2) is 7.21. The van der Waals surface area contributed by atoms with E-state index in [2.05, 4.69) is 15.6 Å². The van der Waals surface area contributed by atoms with Crippen molar-refractivity contribution in [1.82, 2.24) is 10.3 Å². The van der Waals surface area contributed by atoms with Crippen molar-refractivity contribution >= 4 is 23.2 Å². The Hall–Kier alpha value is -2.26. The molecule has 3 atom stereocenters. The van der Waals surface area contributed by atoms with Crippen molar-refractivity contribution in [3.63, 3.8) is 0 Å². The first-order valence-corrected chi connectivity index (χ1v) is 9.28. The maximum absolute atomic E-state index is 14.1. The van der Waals surface area contributed by atoms with Gasteiger partial charge in [-0.3, -0.25) is 4.79 Å². The zero-order chi connectivity index (χ0) is 20.9. The van der Waals surface area contributed by atoms with Gasteiger partial charge in [-0.25, -0.2) is 9.37 Å². The number of rotatable bonds is 2. The van der Waals surface area contributed by atoms with Gasteiger partial charge in [0.2, 0.25) is 11.9 Å². The number of hydrogen-bond donors (Lipinski definition) is 2. The molecular weight excluding hydrogens is 417 g/mol. The van der Waals surface area contributed by atoms with E-state index < -0.39 is 46.0 Å². The molecule has 1 fully saturated rings. The summed E-state index contributed by atoms with van der Waals surface area (Å²) < 4.78 is 66.0. The number of halogens is 6. The van der Waals surface area contributed by atoms with E-state index in [4.69, 9.17) is 11.6 Å². The van der Waals surface area contributed by atoms with Gasteiger partial charge in [0.15, 0.2) is 0 Å². The molecule has 4 rings (SSSR count). The summed E-state index contributed by atoms with van der Waals surface area (Å²) in [5.74, 6) is -2.78. The quantitative estimate of drug-likeness (QED) is 0.538. The van der Waals surface area contributed by atoms with Crippen molar-refractivity contribution in [2.75, 3.05) is 5.32 Å². The molecule has 29 heavy (non-hydrogen) atoms. The Kier molecular flexibility index (Phi) is 4.98. The molecule has 1 saturated heterocycles. The minimum atomic E-state index is -4.80. The molecule has 2 aliphatic heterocycles. The number of alkyl halides is 3. The highest BCUT2D eigenvalue weighted by Gasteiger charge is 2.39. The highest BCUT2D eigenvalue weighted by molar-refractivity contribution is 6.31. The summed E-state index contributed by atoms with van der Waals surface area (Å²) in [4.78, 5) is 16.6. The van der Waals surface area contributed by atoms with Crippen LogP contribution in [0.5, 0.6) is 0 Å². The Morgan fingerprint density at radius 3 is 2.69 bits per heavy atom. The van der Waals surface area contributed by atoms with Crippen molar-refractivity contribution in [3.05, 3.63) is 57.9 Å². The molecule has 3 heterocycles. The summed E-state index contributed by atoms with van der Waals surface area (Å²) in [5, 5.41) is 5.02. The lowest BCUT2D eigenvalue weighted by molar-refractivity contribution is -0.137. The number of anilines is 1. The van der Waals surface area contributed by atoms with Gasteiger partial charge in [-0.05, 0) is 36.6 Å². The van der Waals surface area contributed by atoms with Gasteiger partial charge in [0.25, 0.3) is 0 Å². The maximum Gasteiger partial charge on any atom is 0.417 e. The number of piperidine rings is 1. The average Bonchev–Trinajstić information content (AvgIpc) is 2.62. The molecule has 0 aliphatic carbocycles. The van der Waals surface area contributed by atoms with Gasteiger partial charge in [-0.2, -0.15) is 17.6 Å². The van der Waals surface area contributed by atoms with Crippen LogP contribution in [-0.2, 0) is 17.4 Å². The average molecular weight is 432 g/mol. The van der Waals surface area contributed by atoms with Crippen LogP contribution >= 0.6 is 11.6 Å². The van der Waals surface area contributed by atoms with E-state index in [0.29, 0.717) is 25.0 Å². The van der Waals surface area contributed by atoms with E-state index in [-0.39, 0.29) is 18.2 Å². The molecule has 10 heteroatoms. The number of carbonyl (C=O) groups is 1. The number of nitrogens with one attached hydrogen (secondary N) is 2. The molecule has 4 nitrogen and oxygen atoms in total. The van der Waals surface area contributed by atoms with Crippen molar-refractivity contribution in [2.24, 2.45) is 5.92 Å². The van der Waals surface area contributed by atoms with Gasteiger partial charge in [0.1, 0.15) is 5.82 Å². The predicted molar refractivity (Wildman–Crippen MR) is 95.3 cm³/mol. The zero-order valence-electron chi connectivity index (χ0n) is 14.8. The molecule has 1 aromatic heterocycles. The van der Waals surface area contributed by atoms with Crippen LogP contribution < -0.4 is 10.6 Å². The molecule has 0 radical (unpaired) electrons. The molecule has 2 N–H and O–H groups in total. The summed E-state index contributed by atoms with van der Waals surface area (Å²) in [6.07, 6.45) is -3.56. The fraction of sp³-hybridized carbons (Fsp3) is 0.368. The van der Waals surface area contributed by atoms with Crippen LogP contribution in [0.15, 0.2) is 24.3 Å². The standard InChI is InChI=1S/C19H15ClF5N3O/c20-12-7-16(13(21)6-11(12)19(23,24)25)28-18(29)8-3-9-5-15-10(14(4-8)26-9)1-2-17(22)27-15/h1-2,6-9,14,26H,3-5H2,(H,28,29)/t8?,9-,14+/m0/s1. The van der Waals surface area contributed by atoms with Crippen molar-refractivity contribution in [2.45, 2.75) is 37.5 Å². The van der Waals surface area contributed by atoms with E-state index >= 15 is 0 Å². The lowest BCUT2D eigenvalue weighted by Crippen LogP contribution is -2.48. The van der Waals surface area contributed by atoms with Gasteiger partial charge in [0.05, 0.1) is 16.3 Å². The third-order valence-electron chi connectivity index (χ3n) is 5.31. The first-order chi connectivity index (χ1) is 13.6. The number of hydrogen-bond acceptors (Lipinski definition) is 3. The number of pyridine rings is 1. The second-order valence-corrected chi connectivity index (χ2v) is 7.66. The first-order valence-electron chi connectivity index (χ1n) is 8.90. The Bertz CT molecular complexity index is 981. The zero-order valence-corrected chi connectivity index (χ0v) is 15.5. The van der Waals surface area contributed by atoms with Gasteiger partial charge in [-0.15, -0.1) is 0 Å². The Morgan fingerprint density at radius 1 is 1.21 bits per heavy atom. The third-order valence-corrected chi connectivity index (χ3v) is 5.62. The molecule has 0 saturated carbocycles. The fourth-order valence-electron chi connectivity index (χ4n) is 4.01. The lowest BCUT2D eigenvalue weighted by atomic mass is 9.78. The molecule has 2 bridgehead atoms. The van der Waals surface area contributed by atoms with E-state index in [1.54, 1.807) is 6.07 Å². The number of carbonyl (C=O) groups excluding carboxylic acids is 1. The molecule has 2 aromatic rings. The first kappa shape index (κ1) is 20.0. The molecule has 0 spiro atoms. The monoisotopic (exact) mass is 431 g/mol. The van der Waals surface area contributed by atoms with Gasteiger partial charge in [0, 0.05) is 30.1 Å². The number of amides is 1. The smallest absolute Gasteiger partial charge is 0.323 e. The SMILES string of the molecule is O=C(Nc1cc(Cl)c(C(F)(F)F)cc1F)C1C[C@H]2Cc3nc(F)ccc3[C@@H](C1)N2. The predicted octanol–water partition coefficient (Wildman–Crippen LogP) is 4.64. The Morgan fingerprint density at radius 2 is 1.97 bits per heavy atom. The largest absolute Gasteiger partial charge is 0.417 e.